The predicted molar refractivity (Wildman–Crippen MR) is 83.0 cm³/mol. The Bertz CT molecular complexity index is 654. The lowest BCUT2D eigenvalue weighted by atomic mass is 10.1. The van der Waals surface area contributed by atoms with Gasteiger partial charge in [0.2, 0.25) is 0 Å². The minimum atomic E-state index is -0.0728. The molecule has 0 saturated heterocycles. The maximum absolute atomic E-state index is 12.2. The molecule has 21 heavy (non-hydrogen) atoms. The highest BCUT2D eigenvalue weighted by Crippen LogP contribution is 2.21. The van der Waals surface area contributed by atoms with E-state index in [4.69, 9.17) is 5.73 Å². The number of benzene rings is 1. The molecule has 0 aliphatic heterocycles. The van der Waals surface area contributed by atoms with Crippen molar-refractivity contribution >= 4 is 17.3 Å². The van der Waals surface area contributed by atoms with Gasteiger partial charge in [-0.05, 0) is 31.2 Å². The average Bonchev–Trinajstić information content (AvgIpc) is 2.44. The minimum absolute atomic E-state index is 0.0728. The largest absolute Gasteiger partial charge is 0.399 e. The van der Waals surface area contributed by atoms with E-state index in [2.05, 4.69) is 15.3 Å². The molecule has 1 aromatic heterocycles. The number of hydrogen-bond donors (Lipinski definition) is 2. The molecule has 1 aromatic carbocycles. The van der Waals surface area contributed by atoms with E-state index in [0.29, 0.717) is 29.3 Å². The maximum Gasteiger partial charge on any atom is 0.255 e. The molecule has 110 valence electrons. The minimum Gasteiger partial charge on any atom is -0.399 e. The molecule has 3 N–H and O–H groups in total. The molecule has 0 saturated carbocycles. The topological polar surface area (TPSA) is 84.1 Å². The van der Waals surface area contributed by atoms with Crippen molar-refractivity contribution < 1.29 is 4.79 Å². The lowest BCUT2D eigenvalue weighted by Gasteiger charge is -2.16. The van der Waals surface area contributed by atoms with E-state index in [1.807, 2.05) is 13.0 Å². The van der Waals surface area contributed by atoms with Gasteiger partial charge in [-0.1, -0.05) is 0 Å². The number of carbonyl (C=O) groups excluding carboxylic acids is 1. The number of aromatic nitrogens is 2. The molecule has 0 unspecified atom stereocenters. The Balaban J connectivity index is 2.22. The van der Waals surface area contributed by atoms with Gasteiger partial charge in [-0.15, -0.1) is 0 Å². The first-order valence-corrected chi connectivity index (χ1v) is 6.61. The number of nitrogens with one attached hydrogen (secondary N) is 1. The van der Waals surface area contributed by atoms with Crippen molar-refractivity contribution in [2.75, 3.05) is 25.1 Å². The SMILES string of the molecule is Cc1nccc(CNc2cc(N)ccc2C(=O)N(C)C)n1. The average molecular weight is 285 g/mol. The molecule has 6 nitrogen and oxygen atoms in total. The summed E-state index contributed by atoms with van der Waals surface area (Å²) < 4.78 is 0. The normalized spacial score (nSPS) is 10.2. The summed E-state index contributed by atoms with van der Waals surface area (Å²) in [7, 11) is 3.44. The summed E-state index contributed by atoms with van der Waals surface area (Å²) in [6, 6.07) is 7.03. The van der Waals surface area contributed by atoms with Crippen molar-refractivity contribution in [1.82, 2.24) is 14.9 Å². The zero-order valence-corrected chi connectivity index (χ0v) is 12.4. The Morgan fingerprint density at radius 2 is 2.10 bits per heavy atom. The molecule has 1 amide bonds. The van der Waals surface area contributed by atoms with Crippen LogP contribution in [0.25, 0.3) is 0 Å². The fraction of sp³-hybridized carbons (Fsp3) is 0.267. The van der Waals surface area contributed by atoms with Gasteiger partial charge in [-0.3, -0.25) is 4.79 Å². The maximum atomic E-state index is 12.2. The molecule has 0 radical (unpaired) electrons. The summed E-state index contributed by atoms with van der Waals surface area (Å²) in [6.07, 6.45) is 1.71. The van der Waals surface area contributed by atoms with Crippen molar-refractivity contribution in [3.05, 3.63) is 47.5 Å². The zero-order valence-electron chi connectivity index (χ0n) is 12.4. The second kappa shape index (κ2) is 6.21. The third kappa shape index (κ3) is 3.68. The molecular formula is C15H19N5O. The van der Waals surface area contributed by atoms with Crippen molar-refractivity contribution in [2.45, 2.75) is 13.5 Å². The Hall–Kier alpha value is -2.63. The van der Waals surface area contributed by atoms with Crippen LogP contribution in [0.15, 0.2) is 30.5 Å². The highest BCUT2D eigenvalue weighted by Gasteiger charge is 2.13. The quantitative estimate of drug-likeness (QED) is 0.835. The van der Waals surface area contributed by atoms with Crippen LogP contribution in [0.4, 0.5) is 11.4 Å². The standard InChI is InChI=1S/C15H19N5O/c1-10-17-7-6-12(19-10)9-18-14-8-11(16)4-5-13(14)15(21)20(2)3/h4-8,18H,9,16H2,1-3H3. The smallest absolute Gasteiger partial charge is 0.255 e. The molecule has 0 aliphatic carbocycles. The first-order valence-electron chi connectivity index (χ1n) is 6.61. The monoisotopic (exact) mass is 285 g/mol. The van der Waals surface area contributed by atoms with Crippen LogP contribution in [0, 0.1) is 6.92 Å². The third-order valence-corrected chi connectivity index (χ3v) is 2.97. The molecule has 0 atom stereocenters. The fourth-order valence-electron chi connectivity index (χ4n) is 1.92. The summed E-state index contributed by atoms with van der Waals surface area (Å²) in [5, 5.41) is 3.22. The number of anilines is 2. The van der Waals surface area contributed by atoms with Crippen LogP contribution < -0.4 is 11.1 Å². The van der Waals surface area contributed by atoms with Crippen LogP contribution in [-0.2, 0) is 6.54 Å². The molecule has 6 heteroatoms. The van der Waals surface area contributed by atoms with Crippen molar-refractivity contribution in [1.29, 1.82) is 0 Å². The van der Waals surface area contributed by atoms with Crippen molar-refractivity contribution in [3.8, 4) is 0 Å². The molecule has 0 bridgehead atoms. The van der Waals surface area contributed by atoms with Gasteiger partial charge in [0.1, 0.15) is 5.82 Å². The fourth-order valence-corrected chi connectivity index (χ4v) is 1.92. The summed E-state index contributed by atoms with van der Waals surface area (Å²) in [6.45, 7) is 2.34. The van der Waals surface area contributed by atoms with Gasteiger partial charge in [0.15, 0.2) is 0 Å². The van der Waals surface area contributed by atoms with E-state index >= 15 is 0 Å². The Morgan fingerprint density at radius 1 is 1.33 bits per heavy atom. The van der Waals surface area contributed by atoms with Gasteiger partial charge in [-0.25, -0.2) is 9.97 Å². The molecule has 2 aromatic rings. The lowest BCUT2D eigenvalue weighted by Crippen LogP contribution is -2.23. The Labute approximate surface area is 124 Å². The second-order valence-corrected chi connectivity index (χ2v) is 4.95. The number of nitrogen functional groups attached to an aromatic ring is 1. The molecule has 0 fully saturated rings. The second-order valence-electron chi connectivity index (χ2n) is 4.95. The summed E-state index contributed by atoms with van der Waals surface area (Å²) >= 11 is 0. The van der Waals surface area contributed by atoms with E-state index in [1.54, 1.807) is 38.5 Å². The van der Waals surface area contributed by atoms with Gasteiger partial charge in [0.05, 0.1) is 17.8 Å². The molecular weight excluding hydrogens is 266 g/mol. The van der Waals surface area contributed by atoms with Crippen LogP contribution in [-0.4, -0.2) is 34.9 Å². The molecule has 2 rings (SSSR count). The lowest BCUT2D eigenvalue weighted by molar-refractivity contribution is 0.0828. The number of nitrogens with zero attached hydrogens (tertiary/aromatic N) is 3. The van der Waals surface area contributed by atoms with E-state index in [0.717, 1.165) is 5.69 Å². The van der Waals surface area contributed by atoms with E-state index < -0.39 is 0 Å². The Morgan fingerprint density at radius 3 is 2.76 bits per heavy atom. The first-order chi connectivity index (χ1) is 9.97. The van der Waals surface area contributed by atoms with E-state index in [-0.39, 0.29) is 5.91 Å². The van der Waals surface area contributed by atoms with Crippen LogP contribution >= 0.6 is 0 Å². The van der Waals surface area contributed by atoms with Crippen LogP contribution in [0.3, 0.4) is 0 Å². The number of hydrogen-bond acceptors (Lipinski definition) is 5. The van der Waals surface area contributed by atoms with Gasteiger partial charge in [-0.2, -0.15) is 0 Å². The number of nitrogens with two attached hydrogens (primary N) is 1. The Kier molecular flexibility index (Phi) is 4.37. The third-order valence-electron chi connectivity index (χ3n) is 2.97. The van der Waals surface area contributed by atoms with Crippen molar-refractivity contribution in [3.63, 3.8) is 0 Å². The zero-order chi connectivity index (χ0) is 15.4. The highest BCUT2D eigenvalue weighted by atomic mass is 16.2. The molecule has 0 aliphatic rings. The van der Waals surface area contributed by atoms with Crippen LogP contribution in [0.2, 0.25) is 0 Å². The number of carbonyl (C=O) groups is 1. The van der Waals surface area contributed by atoms with Crippen molar-refractivity contribution in [2.24, 2.45) is 0 Å². The van der Waals surface area contributed by atoms with Crippen LogP contribution in [0.5, 0.6) is 0 Å². The van der Waals surface area contributed by atoms with Crippen LogP contribution in [0.1, 0.15) is 21.9 Å². The summed E-state index contributed by atoms with van der Waals surface area (Å²) in [4.78, 5) is 22.1. The number of amides is 1. The molecule has 1 heterocycles. The first kappa shape index (κ1) is 14.8. The van der Waals surface area contributed by atoms with Gasteiger partial charge in [0, 0.05) is 31.7 Å². The molecule has 0 spiro atoms. The number of aryl methyl sites for hydroxylation is 1. The summed E-state index contributed by atoms with van der Waals surface area (Å²) in [5.41, 5.74) is 8.55. The van der Waals surface area contributed by atoms with Gasteiger partial charge in [0.25, 0.3) is 5.91 Å². The number of rotatable bonds is 4. The van der Waals surface area contributed by atoms with Gasteiger partial charge < -0.3 is 16.0 Å². The van der Waals surface area contributed by atoms with E-state index in [9.17, 15) is 4.79 Å². The van der Waals surface area contributed by atoms with Gasteiger partial charge >= 0.3 is 0 Å². The highest BCUT2D eigenvalue weighted by molar-refractivity contribution is 5.99. The predicted octanol–water partition coefficient (Wildman–Crippen LogP) is 1.68. The summed E-state index contributed by atoms with van der Waals surface area (Å²) in [5.74, 6) is 0.642. The van der Waals surface area contributed by atoms with E-state index in [1.165, 1.54) is 4.90 Å².